The number of nitrogens with one attached hydrogen (secondary N) is 1. The van der Waals surface area contributed by atoms with E-state index < -0.39 is 32.0 Å². The average Bonchev–Trinajstić information content (AvgIpc) is 3.08. The maximum atomic E-state index is 13.2. The first kappa shape index (κ1) is 28.3. The van der Waals surface area contributed by atoms with Gasteiger partial charge in [0.25, 0.3) is 0 Å². The number of hydrazone groups is 1. The van der Waals surface area contributed by atoms with Gasteiger partial charge in [0.05, 0.1) is 21.2 Å². The van der Waals surface area contributed by atoms with Crippen molar-refractivity contribution in [3.8, 4) is 0 Å². The van der Waals surface area contributed by atoms with Crippen LogP contribution in [0.1, 0.15) is 30.9 Å². The molecule has 1 atom stereocenters. The fraction of sp³-hybridized carbons (Fsp3) is 0.417. The molecule has 36 heavy (non-hydrogen) atoms. The highest BCUT2D eigenvalue weighted by atomic mass is 35.5. The smallest absolute Gasteiger partial charge is 0.324 e. The number of amides is 1. The Hall–Kier alpha value is -2.24. The molecule has 0 spiro atoms. The fourth-order valence-corrected chi connectivity index (χ4v) is 5.47. The topological polar surface area (TPSA) is 78.8 Å². The van der Waals surface area contributed by atoms with E-state index in [4.69, 9.17) is 11.6 Å². The molecule has 2 aromatic carbocycles. The lowest BCUT2D eigenvalue weighted by Crippen LogP contribution is -2.35. The number of anilines is 1. The van der Waals surface area contributed by atoms with Gasteiger partial charge in [-0.1, -0.05) is 24.6 Å². The van der Waals surface area contributed by atoms with Crippen molar-refractivity contribution in [2.45, 2.75) is 30.8 Å². The highest BCUT2D eigenvalue weighted by molar-refractivity contribution is 7.98. The van der Waals surface area contributed by atoms with Crippen molar-refractivity contribution in [3.63, 3.8) is 0 Å². The first-order chi connectivity index (χ1) is 16.7. The number of nitrogens with zero attached hydrogens (tertiary/aromatic N) is 2. The molecule has 1 N–H and O–H groups in total. The lowest BCUT2D eigenvalue weighted by Gasteiger charge is -2.27. The minimum Gasteiger partial charge on any atom is -0.324 e. The number of sulfone groups is 1. The Labute approximate surface area is 218 Å². The third kappa shape index (κ3) is 6.95. The molecule has 2 aromatic rings. The van der Waals surface area contributed by atoms with Gasteiger partial charge in [-0.15, -0.1) is 0 Å². The molecule has 0 radical (unpaired) electrons. The first-order valence-corrected chi connectivity index (χ1v) is 14.7. The largest absolute Gasteiger partial charge is 0.417 e. The fourth-order valence-electron chi connectivity index (χ4n) is 4.12. The molecule has 0 fully saturated rings. The van der Waals surface area contributed by atoms with Crippen LogP contribution in [0.4, 0.5) is 18.9 Å². The Morgan fingerprint density at radius 2 is 1.89 bits per heavy atom. The molecule has 1 heterocycles. The van der Waals surface area contributed by atoms with E-state index in [0.717, 1.165) is 30.9 Å². The SMILES string of the molecule is CSCCCC1(C)CN(CC(=O)Nc2ccc(S(C)(=O)=O)cc2)N=C1c1ccc(C(F)(F)F)c(Cl)c1. The van der Waals surface area contributed by atoms with Crippen LogP contribution in [-0.4, -0.2) is 56.4 Å². The second kappa shape index (κ2) is 11.0. The summed E-state index contributed by atoms with van der Waals surface area (Å²) in [5.74, 6) is 0.560. The molecular weight excluding hydrogens is 535 g/mol. The third-order valence-corrected chi connectivity index (χ3v) is 8.00. The van der Waals surface area contributed by atoms with Crippen molar-refractivity contribution in [3.05, 3.63) is 58.6 Å². The predicted octanol–water partition coefficient (Wildman–Crippen LogP) is 5.57. The molecule has 1 unspecified atom stereocenters. The van der Waals surface area contributed by atoms with Crippen LogP contribution in [0, 0.1) is 5.41 Å². The highest BCUT2D eigenvalue weighted by Crippen LogP contribution is 2.39. The zero-order valence-electron chi connectivity index (χ0n) is 20.0. The summed E-state index contributed by atoms with van der Waals surface area (Å²) in [7, 11) is -3.35. The molecule has 196 valence electrons. The predicted molar refractivity (Wildman–Crippen MR) is 138 cm³/mol. The van der Waals surface area contributed by atoms with E-state index in [9.17, 15) is 26.4 Å². The molecule has 0 bridgehead atoms. The molecule has 1 amide bonds. The van der Waals surface area contributed by atoms with Gasteiger partial charge in [-0.25, -0.2) is 8.42 Å². The average molecular weight is 562 g/mol. The molecule has 0 aliphatic carbocycles. The van der Waals surface area contributed by atoms with Gasteiger partial charge in [0.1, 0.15) is 6.54 Å². The van der Waals surface area contributed by atoms with Crippen molar-refractivity contribution in [1.82, 2.24) is 5.01 Å². The lowest BCUT2D eigenvalue weighted by molar-refractivity contribution is -0.137. The summed E-state index contributed by atoms with van der Waals surface area (Å²) >= 11 is 7.67. The minimum absolute atomic E-state index is 0.0796. The number of benzene rings is 2. The van der Waals surface area contributed by atoms with Crippen LogP contribution < -0.4 is 5.32 Å². The lowest BCUT2D eigenvalue weighted by atomic mass is 9.78. The van der Waals surface area contributed by atoms with Crippen molar-refractivity contribution >= 4 is 50.5 Å². The molecule has 6 nitrogen and oxygen atoms in total. The molecule has 0 saturated carbocycles. The Kier molecular flexibility index (Phi) is 8.67. The number of carbonyl (C=O) groups excluding carboxylic acids is 1. The standard InChI is InChI=1S/C24H27ClF3N3O3S2/c1-23(11-4-12-35-2)15-31(14-21(32)29-17-6-8-18(9-7-17)36(3,33)34)30-22(23)16-5-10-19(20(25)13-16)24(26,27)28/h5-10,13H,4,11-12,14-15H2,1-3H3,(H,29,32). The van der Waals surface area contributed by atoms with E-state index in [-0.39, 0.29) is 17.3 Å². The minimum atomic E-state index is -4.56. The van der Waals surface area contributed by atoms with E-state index >= 15 is 0 Å². The van der Waals surface area contributed by atoms with Crippen LogP contribution in [0.15, 0.2) is 52.5 Å². The molecular formula is C24H27ClF3N3O3S2. The van der Waals surface area contributed by atoms with Gasteiger partial charge >= 0.3 is 6.18 Å². The van der Waals surface area contributed by atoms with Gasteiger partial charge in [-0.05, 0) is 66.8 Å². The molecule has 1 aliphatic heterocycles. The van der Waals surface area contributed by atoms with Gasteiger partial charge in [0.15, 0.2) is 9.84 Å². The van der Waals surface area contributed by atoms with Gasteiger partial charge in [-0.3, -0.25) is 9.80 Å². The molecule has 0 aromatic heterocycles. The number of alkyl halides is 3. The van der Waals surface area contributed by atoms with Crippen molar-refractivity contribution in [2.75, 3.05) is 36.7 Å². The van der Waals surface area contributed by atoms with Crippen LogP contribution in [0.2, 0.25) is 5.02 Å². The van der Waals surface area contributed by atoms with Crippen molar-refractivity contribution < 1.29 is 26.4 Å². The van der Waals surface area contributed by atoms with Crippen LogP contribution in [-0.2, 0) is 20.8 Å². The van der Waals surface area contributed by atoms with Crippen LogP contribution in [0.5, 0.6) is 0 Å². The van der Waals surface area contributed by atoms with E-state index in [0.29, 0.717) is 23.5 Å². The molecule has 1 aliphatic rings. The summed E-state index contributed by atoms with van der Waals surface area (Å²) in [6.07, 6.45) is 0.150. The number of halogens is 4. The Morgan fingerprint density at radius 1 is 1.22 bits per heavy atom. The van der Waals surface area contributed by atoms with Gasteiger partial charge in [0.2, 0.25) is 5.91 Å². The summed E-state index contributed by atoms with van der Waals surface area (Å²) in [5.41, 5.74) is 0.112. The van der Waals surface area contributed by atoms with Gasteiger partial charge in [-0.2, -0.15) is 30.0 Å². The third-order valence-electron chi connectivity index (χ3n) is 5.86. The summed E-state index contributed by atoms with van der Waals surface area (Å²) in [6, 6.07) is 9.43. The molecule has 3 rings (SSSR count). The van der Waals surface area contributed by atoms with Gasteiger partial charge < -0.3 is 5.32 Å². The zero-order valence-corrected chi connectivity index (χ0v) is 22.4. The van der Waals surface area contributed by atoms with E-state index in [2.05, 4.69) is 10.4 Å². The summed E-state index contributed by atoms with van der Waals surface area (Å²) in [5, 5.41) is 8.53. The van der Waals surface area contributed by atoms with E-state index in [1.807, 2.05) is 13.2 Å². The van der Waals surface area contributed by atoms with Crippen molar-refractivity contribution in [2.24, 2.45) is 10.5 Å². The number of rotatable bonds is 9. The Morgan fingerprint density at radius 3 is 2.44 bits per heavy atom. The quantitative estimate of drug-likeness (QED) is 0.405. The normalized spacial score (nSPS) is 18.3. The molecule has 12 heteroatoms. The zero-order chi connectivity index (χ0) is 26.7. The second-order valence-corrected chi connectivity index (χ2v) is 12.4. The summed E-state index contributed by atoms with van der Waals surface area (Å²) in [6.45, 7) is 2.32. The summed E-state index contributed by atoms with van der Waals surface area (Å²) in [4.78, 5) is 12.8. The van der Waals surface area contributed by atoms with E-state index in [1.165, 1.54) is 36.4 Å². The van der Waals surface area contributed by atoms with E-state index in [1.54, 1.807) is 16.8 Å². The number of hydrogen-bond donors (Lipinski definition) is 1. The van der Waals surface area contributed by atoms with Crippen LogP contribution >= 0.6 is 23.4 Å². The molecule has 0 saturated heterocycles. The second-order valence-electron chi connectivity index (χ2n) is 8.97. The Bertz CT molecular complexity index is 1250. The number of hydrogen-bond acceptors (Lipinski definition) is 6. The maximum Gasteiger partial charge on any atom is 0.417 e. The van der Waals surface area contributed by atoms with Crippen LogP contribution in [0.3, 0.4) is 0 Å². The maximum absolute atomic E-state index is 13.2. The van der Waals surface area contributed by atoms with Crippen LogP contribution in [0.25, 0.3) is 0 Å². The highest BCUT2D eigenvalue weighted by Gasteiger charge is 2.40. The monoisotopic (exact) mass is 561 g/mol. The number of thioether (sulfide) groups is 1. The number of carbonyl (C=O) groups is 1. The van der Waals surface area contributed by atoms with Crippen molar-refractivity contribution in [1.29, 1.82) is 0 Å². The summed E-state index contributed by atoms with van der Waals surface area (Å²) < 4.78 is 62.8. The van der Waals surface area contributed by atoms with Gasteiger partial charge in [0, 0.05) is 23.9 Å². The Balaban J connectivity index is 1.80. The first-order valence-electron chi connectivity index (χ1n) is 11.0.